The van der Waals surface area contributed by atoms with Crippen LogP contribution in [0.15, 0.2) is 24.3 Å². The molecule has 0 N–H and O–H groups in total. The van der Waals surface area contributed by atoms with Crippen LogP contribution in [0.5, 0.6) is 0 Å². The topological polar surface area (TPSA) is 54.5 Å². The standard InChI is InChI=1S/C12H11FN4/c1-9-12(5-6-14)15-16-17(9)8-10-3-2-4-11(13)7-10/h2-4,7H,5,8H2,1H3. The van der Waals surface area contributed by atoms with Crippen molar-refractivity contribution in [2.75, 3.05) is 0 Å². The van der Waals surface area contributed by atoms with Crippen molar-refractivity contribution in [3.63, 3.8) is 0 Å². The molecule has 0 aliphatic carbocycles. The number of nitriles is 1. The van der Waals surface area contributed by atoms with Gasteiger partial charge in [-0.05, 0) is 24.6 Å². The van der Waals surface area contributed by atoms with Crippen LogP contribution in [0.1, 0.15) is 17.0 Å². The van der Waals surface area contributed by atoms with Crippen LogP contribution >= 0.6 is 0 Å². The zero-order valence-electron chi connectivity index (χ0n) is 9.39. The van der Waals surface area contributed by atoms with Gasteiger partial charge in [0.25, 0.3) is 0 Å². The van der Waals surface area contributed by atoms with E-state index in [0.717, 1.165) is 11.3 Å². The van der Waals surface area contributed by atoms with Gasteiger partial charge in [0.2, 0.25) is 0 Å². The lowest BCUT2D eigenvalue weighted by molar-refractivity contribution is 0.609. The van der Waals surface area contributed by atoms with Gasteiger partial charge >= 0.3 is 0 Å². The van der Waals surface area contributed by atoms with E-state index in [1.54, 1.807) is 10.7 Å². The Morgan fingerprint density at radius 1 is 1.47 bits per heavy atom. The predicted molar refractivity (Wildman–Crippen MR) is 59.6 cm³/mol. The molecule has 0 unspecified atom stereocenters. The van der Waals surface area contributed by atoms with E-state index in [9.17, 15) is 4.39 Å². The Labute approximate surface area is 98.3 Å². The summed E-state index contributed by atoms with van der Waals surface area (Å²) in [6.45, 7) is 2.31. The highest BCUT2D eigenvalue weighted by atomic mass is 19.1. The highest BCUT2D eigenvalue weighted by molar-refractivity contribution is 5.18. The van der Waals surface area contributed by atoms with Gasteiger partial charge in [-0.25, -0.2) is 9.07 Å². The van der Waals surface area contributed by atoms with Crippen LogP contribution in [0.4, 0.5) is 4.39 Å². The molecule has 2 rings (SSSR count). The van der Waals surface area contributed by atoms with Crippen molar-refractivity contribution in [1.29, 1.82) is 5.26 Å². The van der Waals surface area contributed by atoms with Gasteiger partial charge in [-0.3, -0.25) is 0 Å². The molecule has 0 bridgehead atoms. The number of hydrogen-bond donors (Lipinski definition) is 0. The molecule has 0 fully saturated rings. The zero-order valence-corrected chi connectivity index (χ0v) is 9.39. The van der Waals surface area contributed by atoms with Crippen LogP contribution in [0, 0.1) is 24.1 Å². The molecule has 0 atom stereocenters. The predicted octanol–water partition coefficient (Wildman–Crippen LogP) is 1.84. The third-order valence-corrected chi connectivity index (χ3v) is 2.55. The second kappa shape index (κ2) is 4.74. The van der Waals surface area contributed by atoms with E-state index in [0.29, 0.717) is 12.2 Å². The van der Waals surface area contributed by atoms with Gasteiger partial charge in [0.15, 0.2) is 0 Å². The van der Waals surface area contributed by atoms with E-state index >= 15 is 0 Å². The maximum Gasteiger partial charge on any atom is 0.123 e. The molecule has 5 heteroatoms. The summed E-state index contributed by atoms with van der Waals surface area (Å²) in [5.74, 6) is -0.266. The lowest BCUT2D eigenvalue weighted by atomic mass is 10.2. The largest absolute Gasteiger partial charge is 0.245 e. The summed E-state index contributed by atoms with van der Waals surface area (Å²) >= 11 is 0. The van der Waals surface area contributed by atoms with Crippen molar-refractivity contribution in [3.8, 4) is 6.07 Å². The van der Waals surface area contributed by atoms with Crippen molar-refractivity contribution < 1.29 is 4.39 Å². The van der Waals surface area contributed by atoms with Crippen molar-refractivity contribution in [1.82, 2.24) is 15.0 Å². The Bertz CT molecular complexity index is 568. The number of benzene rings is 1. The second-order valence-electron chi connectivity index (χ2n) is 3.74. The highest BCUT2D eigenvalue weighted by Crippen LogP contribution is 2.09. The quantitative estimate of drug-likeness (QED) is 0.808. The van der Waals surface area contributed by atoms with Crippen molar-refractivity contribution in [2.45, 2.75) is 19.9 Å². The summed E-state index contributed by atoms with van der Waals surface area (Å²) in [5.41, 5.74) is 2.33. The lowest BCUT2D eigenvalue weighted by Gasteiger charge is -2.03. The van der Waals surface area contributed by atoms with Gasteiger partial charge in [-0.1, -0.05) is 17.3 Å². The number of nitrogens with zero attached hydrogens (tertiary/aromatic N) is 4. The van der Waals surface area contributed by atoms with Gasteiger partial charge in [-0.2, -0.15) is 5.26 Å². The molecule has 1 aromatic carbocycles. The fraction of sp³-hybridized carbons (Fsp3) is 0.250. The van der Waals surface area contributed by atoms with Crippen molar-refractivity contribution in [2.24, 2.45) is 0 Å². The summed E-state index contributed by atoms with van der Waals surface area (Å²) in [5, 5.41) is 16.5. The molecule has 4 nitrogen and oxygen atoms in total. The van der Waals surface area contributed by atoms with Crippen LogP contribution < -0.4 is 0 Å². The van der Waals surface area contributed by atoms with Gasteiger partial charge in [-0.15, -0.1) is 5.10 Å². The molecule has 17 heavy (non-hydrogen) atoms. The normalized spacial score (nSPS) is 10.2. The fourth-order valence-corrected chi connectivity index (χ4v) is 1.59. The fourth-order valence-electron chi connectivity index (χ4n) is 1.59. The van der Waals surface area contributed by atoms with E-state index in [-0.39, 0.29) is 12.2 Å². The van der Waals surface area contributed by atoms with Gasteiger partial charge in [0.05, 0.1) is 30.4 Å². The van der Waals surface area contributed by atoms with Crippen LogP contribution in [0.3, 0.4) is 0 Å². The maximum atomic E-state index is 13.0. The molecule has 0 saturated carbocycles. The minimum atomic E-state index is -0.266. The van der Waals surface area contributed by atoms with Gasteiger partial charge in [0, 0.05) is 0 Å². The summed E-state index contributed by atoms with van der Waals surface area (Å²) in [7, 11) is 0. The second-order valence-corrected chi connectivity index (χ2v) is 3.74. The molecule has 0 radical (unpaired) electrons. The molecular formula is C12H11FN4. The summed E-state index contributed by atoms with van der Waals surface area (Å²) < 4.78 is 14.7. The van der Waals surface area contributed by atoms with Crippen LogP contribution in [0.25, 0.3) is 0 Å². The molecule has 0 aliphatic rings. The third kappa shape index (κ3) is 2.48. The van der Waals surface area contributed by atoms with E-state index < -0.39 is 0 Å². The molecule has 0 aliphatic heterocycles. The Morgan fingerprint density at radius 3 is 3.00 bits per heavy atom. The average Bonchev–Trinajstić information content (AvgIpc) is 2.62. The molecule has 86 valence electrons. The molecule has 0 spiro atoms. The van der Waals surface area contributed by atoms with Crippen molar-refractivity contribution in [3.05, 3.63) is 47.0 Å². The highest BCUT2D eigenvalue weighted by Gasteiger charge is 2.08. The Morgan fingerprint density at radius 2 is 2.29 bits per heavy atom. The number of hydrogen-bond acceptors (Lipinski definition) is 3. The molecule has 0 amide bonds. The summed E-state index contributed by atoms with van der Waals surface area (Å²) in [6.07, 6.45) is 0.245. The van der Waals surface area contributed by atoms with E-state index in [1.165, 1.54) is 12.1 Å². The molecule has 1 aromatic heterocycles. The van der Waals surface area contributed by atoms with E-state index in [1.807, 2.05) is 19.1 Å². The zero-order chi connectivity index (χ0) is 12.3. The number of rotatable bonds is 3. The van der Waals surface area contributed by atoms with Crippen LogP contribution in [-0.4, -0.2) is 15.0 Å². The molecule has 1 heterocycles. The first-order chi connectivity index (χ1) is 8.20. The van der Waals surface area contributed by atoms with Gasteiger partial charge in [0.1, 0.15) is 5.82 Å². The molecular weight excluding hydrogens is 219 g/mol. The summed E-state index contributed by atoms with van der Waals surface area (Å²) in [4.78, 5) is 0. The Hall–Kier alpha value is -2.22. The first-order valence-electron chi connectivity index (χ1n) is 5.21. The monoisotopic (exact) mass is 230 g/mol. The Kier molecular flexibility index (Phi) is 3.15. The van der Waals surface area contributed by atoms with Gasteiger partial charge < -0.3 is 0 Å². The SMILES string of the molecule is Cc1c(CC#N)nnn1Cc1cccc(F)c1. The Balaban J connectivity index is 2.22. The minimum Gasteiger partial charge on any atom is -0.245 e. The van der Waals surface area contributed by atoms with E-state index in [4.69, 9.17) is 5.26 Å². The molecule has 0 saturated heterocycles. The minimum absolute atomic E-state index is 0.245. The maximum absolute atomic E-state index is 13.0. The van der Waals surface area contributed by atoms with E-state index in [2.05, 4.69) is 10.3 Å². The number of aromatic nitrogens is 3. The van der Waals surface area contributed by atoms with Crippen LogP contribution in [-0.2, 0) is 13.0 Å². The third-order valence-electron chi connectivity index (χ3n) is 2.55. The smallest absolute Gasteiger partial charge is 0.123 e. The number of halogens is 1. The lowest BCUT2D eigenvalue weighted by Crippen LogP contribution is -2.04. The first kappa shape index (κ1) is 11.3. The molecule has 2 aromatic rings. The van der Waals surface area contributed by atoms with Crippen LogP contribution in [0.2, 0.25) is 0 Å². The summed E-state index contributed by atoms with van der Waals surface area (Å²) in [6, 6.07) is 8.39. The first-order valence-corrected chi connectivity index (χ1v) is 5.21. The van der Waals surface area contributed by atoms with Crippen molar-refractivity contribution >= 4 is 0 Å². The average molecular weight is 230 g/mol.